The van der Waals surface area contributed by atoms with Gasteiger partial charge in [0, 0.05) is 9.58 Å². The van der Waals surface area contributed by atoms with Gasteiger partial charge in [-0.25, -0.2) is 5.48 Å². The van der Waals surface area contributed by atoms with Crippen LogP contribution in [0.4, 0.5) is 0 Å². The van der Waals surface area contributed by atoms with E-state index in [1.54, 1.807) is 22.9 Å². The molecule has 0 aliphatic heterocycles. The summed E-state index contributed by atoms with van der Waals surface area (Å²) in [5, 5.41) is 12.9. The molecule has 0 radical (unpaired) electrons. The van der Waals surface area contributed by atoms with Crippen LogP contribution < -0.4 is 10.8 Å². The molecule has 3 N–H and O–H groups in total. The Hall–Kier alpha value is -3.00. The van der Waals surface area contributed by atoms with Crippen LogP contribution in [0.5, 0.6) is 0 Å². The van der Waals surface area contributed by atoms with Crippen LogP contribution in [-0.4, -0.2) is 17.0 Å². The first-order valence-corrected chi connectivity index (χ1v) is 10.6. The molecule has 146 valence electrons. The molecule has 4 aromatic rings. The van der Waals surface area contributed by atoms with Crippen molar-refractivity contribution in [1.29, 1.82) is 0 Å². The van der Waals surface area contributed by atoms with Gasteiger partial charge in [-0.05, 0) is 53.8 Å². The lowest BCUT2D eigenvalue weighted by atomic mass is 10.0. The fraction of sp³-hybridized carbons (Fsp3) is 0.0909. The molecule has 1 atom stereocenters. The van der Waals surface area contributed by atoms with E-state index >= 15 is 0 Å². The number of fused-ring (bicyclic) bond motifs is 1. The SMILES string of the molecule is CC(NC(=O)c1ccc(C(=O)NO)s1)c1cccc(-c2cc3ccccc3s2)c1. The molecule has 7 heteroatoms. The lowest BCUT2D eigenvalue weighted by Crippen LogP contribution is -2.25. The fourth-order valence-corrected chi connectivity index (χ4v) is 4.93. The van der Waals surface area contributed by atoms with Gasteiger partial charge >= 0.3 is 0 Å². The van der Waals surface area contributed by atoms with Gasteiger partial charge in [0.05, 0.1) is 15.8 Å². The first kappa shape index (κ1) is 19.3. The summed E-state index contributed by atoms with van der Waals surface area (Å²) < 4.78 is 1.25. The number of hydrogen-bond acceptors (Lipinski definition) is 5. The van der Waals surface area contributed by atoms with Crippen LogP contribution in [0.1, 0.15) is 37.9 Å². The van der Waals surface area contributed by atoms with Crippen molar-refractivity contribution in [3.63, 3.8) is 0 Å². The number of rotatable bonds is 5. The molecule has 29 heavy (non-hydrogen) atoms. The van der Waals surface area contributed by atoms with Crippen LogP contribution in [0.25, 0.3) is 20.5 Å². The van der Waals surface area contributed by atoms with Crippen molar-refractivity contribution >= 4 is 44.6 Å². The molecular formula is C22H18N2O3S2. The normalized spacial score (nSPS) is 11.9. The number of amides is 2. The summed E-state index contributed by atoms with van der Waals surface area (Å²) in [4.78, 5) is 25.9. The number of benzene rings is 2. The van der Waals surface area contributed by atoms with E-state index in [-0.39, 0.29) is 16.8 Å². The van der Waals surface area contributed by atoms with Gasteiger partial charge in [0.2, 0.25) is 0 Å². The van der Waals surface area contributed by atoms with Crippen molar-refractivity contribution in [2.75, 3.05) is 0 Å². The third kappa shape index (κ3) is 4.07. The van der Waals surface area contributed by atoms with E-state index in [1.807, 2.05) is 31.2 Å². The van der Waals surface area contributed by atoms with E-state index in [2.05, 4.69) is 35.6 Å². The average Bonchev–Trinajstić information content (AvgIpc) is 3.40. The third-order valence-electron chi connectivity index (χ3n) is 4.60. The van der Waals surface area contributed by atoms with E-state index in [9.17, 15) is 9.59 Å². The lowest BCUT2D eigenvalue weighted by Gasteiger charge is -2.14. The summed E-state index contributed by atoms with van der Waals surface area (Å²) in [7, 11) is 0. The van der Waals surface area contributed by atoms with Gasteiger partial charge in [-0.15, -0.1) is 22.7 Å². The first-order valence-electron chi connectivity index (χ1n) is 8.99. The van der Waals surface area contributed by atoms with E-state index in [0.29, 0.717) is 4.88 Å². The molecule has 0 aliphatic carbocycles. The molecular weight excluding hydrogens is 404 g/mol. The molecule has 2 aromatic carbocycles. The predicted molar refractivity (Wildman–Crippen MR) is 117 cm³/mol. The third-order valence-corrected chi connectivity index (χ3v) is 6.85. The molecule has 1 unspecified atom stereocenters. The quantitative estimate of drug-likeness (QED) is 0.304. The average molecular weight is 423 g/mol. The van der Waals surface area contributed by atoms with E-state index in [1.165, 1.54) is 21.0 Å². The Morgan fingerprint density at radius 1 is 0.897 bits per heavy atom. The fourth-order valence-electron chi connectivity index (χ4n) is 3.07. The van der Waals surface area contributed by atoms with Crippen LogP contribution >= 0.6 is 22.7 Å². The van der Waals surface area contributed by atoms with Gasteiger partial charge in [-0.3, -0.25) is 14.8 Å². The van der Waals surface area contributed by atoms with Crippen molar-refractivity contribution in [2.24, 2.45) is 0 Å². The molecule has 0 saturated heterocycles. The van der Waals surface area contributed by atoms with Gasteiger partial charge in [0.25, 0.3) is 11.8 Å². The van der Waals surface area contributed by atoms with Gasteiger partial charge in [-0.2, -0.15) is 0 Å². The monoisotopic (exact) mass is 422 g/mol. The molecule has 2 aromatic heterocycles. The van der Waals surface area contributed by atoms with Crippen LogP contribution in [0.2, 0.25) is 0 Å². The Kier molecular flexibility index (Phi) is 5.44. The minimum absolute atomic E-state index is 0.200. The zero-order valence-corrected chi connectivity index (χ0v) is 17.1. The summed E-state index contributed by atoms with van der Waals surface area (Å²) >= 11 is 2.78. The number of nitrogens with one attached hydrogen (secondary N) is 2. The predicted octanol–water partition coefficient (Wildman–Crippen LogP) is 5.24. The summed E-state index contributed by atoms with van der Waals surface area (Å²) in [6.45, 7) is 1.93. The zero-order valence-electron chi connectivity index (χ0n) is 15.5. The highest BCUT2D eigenvalue weighted by Crippen LogP contribution is 2.34. The molecule has 0 saturated carbocycles. The maximum Gasteiger partial charge on any atom is 0.284 e. The minimum atomic E-state index is -0.627. The lowest BCUT2D eigenvalue weighted by molar-refractivity contribution is 0.0711. The van der Waals surface area contributed by atoms with Gasteiger partial charge < -0.3 is 5.32 Å². The Bertz CT molecular complexity index is 1160. The molecule has 0 bridgehead atoms. The number of carbonyl (C=O) groups is 2. The molecule has 2 amide bonds. The van der Waals surface area contributed by atoms with Crippen LogP contribution in [-0.2, 0) is 0 Å². The van der Waals surface area contributed by atoms with Crippen molar-refractivity contribution in [2.45, 2.75) is 13.0 Å². The van der Waals surface area contributed by atoms with E-state index in [4.69, 9.17) is 5.21 Å². The highest BCUT2D eigenvalue weighted by atomic mass is 32.1. The maximum atomic E-state index is 12.5. The summed E-state index contributed by atoms with van der Waals surface area (Å²) in [6.07, 6.45) is 0. The second kappa shape index (κ2) is 8.16. The smallest absolute Gasteiger partial charge is 0.284 e. The Morgan fingerprint density at radius 3 is 2.41 bits per heavy atom. The molecule has 5 nitrogen and oxygen atoms in total. The van der Waals surface area contributed by atoms with Gasteiger partial charge in [0.15, 0.2) is 0 Å². The van der Waals surface area contributed by atoms with Crippen LogP contribution in [0, 0.1) is 0 Å². The summed E-state index contributed by atoms with van der Waals surface area (Å²) in [6, 6.07) is 21.5. The maximum absolute atomic E-state index is 12.5. The minimum Gasteiger partial charge on any atom is -0.345 e. The molecule has 0 spiro atoms. The largest absolute Gasteiger partial charge is 0.345 e. The molecule has 0 aliphatic rings. The second-order valence-electron chi connectivity index (χ2n) is 6.57. The highest BCUT2D eigenvalue weighted by Gasteiger charge is 2.16. The van der Waals surface area contributed by atoms with Crippen molar-refractivity contribution in [1.82, 2.24) is 10.8 Å². The number of hydrogen-bond donors (Lipinski definition) is 3. The van der Waals surface area contributed by atoms with E-state index < -0.39 is 5.91 Å². The standard InChI is InChI=1S/C22H18N2O3S2/c1-13(23-21(25)18-9-10-19(29-18)22(26)24-27)14-6-4-7-15(11-14)20-12-16-5-2-3-8-17(16)28-20/h2-13,27H,1H3,(H,23,25)(H,24,26). The topological polar surface area (TPSA) is 78.4 Å². The van der Waals surface area contributed by atoms with Crippen molar-refractivity contribution in [3.05, 3.63) is 82.0 Å². The van der Waals surface area contributed by atoms with Crippen LogP contribution in [0.3, 0.4) is 0 Å². The Labute approximate surface area is 175 Å². The Balaban J connectivity index is 1.52. The molecule has 2 heterocycles. The summed E-state index contributed by atoms with van der Waals surface area (Å²) in [5.41, 5.74) is 3.68. The number of hydroxylamine groups is 1. The Morgan fingerprint density at radius 2 is 1.66 bits per heavy atom. The molecule has 0 fully saturated rings. The highest BCUT2D eigenvalue weighted by molar-refractivity contribution is 7.22. The van der Waals surface area contributed by atoms with Crippen LogP contribution in [0.15, 0.2) is 66.7 Å². The van der Waals surface area contributed by atoms with Gasteiger partial charge in [0.1, 0.15) is 0 Å². The van der Waals surface area contributed by atoms with Crippen molar-refractivity contribution in [3.8, 4) is 10.4 Å². The molecule has 4 rings (SSSR count). The second-order valence-corrected chi connectivity index (χ2v) is 8.74. The number of thiophene rings is 2. The van der Waals surface area contributed by atoms with Crippen molar-refractivity contribution < 1.29 is 14.8 Å². The first-order chi connectivity index (χ1) is 14.0. The van der Waals surface area contributed by atoms with Gasteiger partial charge in [-0.1, -0.05) is 36.4 Å². The van der Waals surface area contributed by atoms with E-state index in [0.717, 1.165) is 22.5 Å². The zero-order chi connectivity index (χ0) is 20.4. The number of carbonyl (C=O) groups excluding carboxylic acids is 2. The summed E-state index contributed by atoms with van der Waals surface area (Å²) in [5.74, 6) is -0.884.